The molecule has 0 aliphatic carbocycles. The molecule has 0 bridgehead atoms. The highest BCUT2D eigenvalue weighted by Gasteiger charge is 2.08. The molecule has 1 heterocycles. The SMILES string of the molecule is C=CCNC(=O)c1ccc(Nc2ccc(OC)cc2OC)cn1. The van der Waals surface area contributed by atoms with Gasteiger partial charge in [-0.05, 0) is 24.3 Å². The number of pyridine rings is 1. The van der Waals surface area contributed by atoms with E-state index in [0.717, 1.165) is 11.4 Å². The molecule has 6 heteroatoms. The lowest BCUT2D eigenvalue weighted by atomic mass is 10.2. The maximum absolute atomic E-state index is 11.8. The van der Waals surface area contributed by atoms with Gasteiger partial charge in [0.05, 0.1) is 31.8 Å². The molecule has 6 nitrogen and oxygen atoms in total. The molecule has 1 aromatic carbocycles. The molecule has 23 heavy (non-hydrogen) atoms. The number of anilines is 2. The highest BCUT2D eigenvalue weighted by molar-refractivity contribution is 5.92. The molecule has 0 spiro atoms. The second kappa shape index (κ2) is 7.84. The fourth-order valence-electron chi connectivity index (χ4n) is 1.91. The van der Waals surface area contributed by atoms with Gasteiger partial charge in [-0.1, -0.05) is 6.08 Å². The number of benzene rings is 1. The summed E-state index contributed by atoms with van der Waals surface area (Å²) in [6.07, 6.45) is 3.20. The Morgan fingerprint density at radius 3 is 2.70 bits per heavy atom. The van der Waals surface area contributed by atoms with Gasteiger partial charge in [0, 0.05) is 12.6 Å². The molecule has 1 amide bonds. The van der Waals surface area contributed by atoms with E-state index in [1.165, 1.54) is 0 Å². The third-order valence-corrected chi connectivity index (χ3v) is 3.09. The lowest BCUT2D eigenvalue weighted by Crippen LogP contribution is -2.24. The molecule has 2 rings (SSSR count). The Morgan fingerprint density at radius 1 is 1.26 bits per heavy atom. The summed E-state index contributed by atoms with van der Waals surface area (Å²) >= 11 is 0. The zero-order valence-electron chi connectivity index (χ0n) is 13.1. The van der Waals surface area contributed by atoms with E-state index >= 15 is 0 Å². The first kappa shape index (κ1) is 16.4. The summed E-state index contributed by atoms with van der Waals surface area (Å²) in [5.41, 5.74) is 1.87. The van der Waals surface area contributed by atoms with Crippen molar-refractivity contribution in [1.29, 1.82) is 0 Å². The van der Waals surface area contributed by atoms with Crippen LogP contribution in [0.15, 0.2) is 49.2 Å². The van der Waals surface area contributed by atoms with Crippen LogP contribution in [0.2, 0.25) is 0 Å². The maximum atomic E-state index is 11.8. The number of aromatic nitrogens is 1. The minimum atomic E-state index is -0.238. The van der Waals surface area contributed by atoms with Gasteiger partial charge in [-0.2, -0.15) is 0 Å². The molecule has 0 atom stereocenters. The number of carbonyl (C=O) groups excluding carboxylic acids is 1. The maximum Gasteiger partial charge on any atom is 0.270 e. The lowest BCUT2D eigenvalue weighted by Gasteiger charge is -2.12. The Balaban J connectivity index is 2.12. The summed E-state index contributed by atoms with van der Waals surface area (Å²) in [6, 6.07) is 8.89. The smallest absolute Gasteiger partial charge is 0.270 e. The number of rotatable bonds is 7. The Hall–Kier alpha value is -3.02. The van der Waals surface area contributed by atoms with E-state index in [1.807, 2.05) is 12.1 Å². The molecule has 2 aromatic rings. The van der Waals surface area contributed by atoms with Crippen molar-refractivity contribution in [2.75, 3.05) is 26.1 Å². The summed E-state index contributed by atoms with van der Waals surface area (Å²) in [7, 11) is 3.19. The fraction of sp³-hybridized carbons (Fsp3) is 0.176. The first-order valence-corrected chi connectivity index (χ1v) is 7.02. The molecule has 0 saturated heterocycles. The monoisotopic (exact) mass is 313 g/mol. The highest BCUT2D eigenvalue weighted by Crippen LogP contribution is 2.31. The van der Waals surface area contributed by atoms with E-state index in [4.69, 9.17) is 9.47 Å². The second-order valence-electron chi connectivity index (χ2n) is 4.62. The number of hydrogen-bond donors (Lipinski definition) is 2. The van der Waals surface area contributed by atoms with Crippen LogP contribution in [0, 0.1) is 0 Å². The topological polar surface area (TPSA) is 72.5 Å². The van der Waals surface area contributed by atoms with Gasteiger partial charge in [-0.25, -0.2) is 4.98 Å². The summed E-state index contributed by atoms with van der Waals surface area (Å²) in [5.74, 6) is 1.12. The molecular formula is C17H19N3O3. The molecule has 2 N–H and O–H groups in total. The normalized spacial score (nSPS) is 9.83. The standard InChI is InChI=1S/C17H19N3O3/c1-4-9-18-17(21)15-7-5-12(11-19-15)20-14-8-6-13(22-2)10-16(14)23-3/h4-8,10-11,20H,1,9H2,2-3H3,(H,18,21). The number of nitrogens with zero attached hydrogens (tertiary/aromatic N) is 1. The number of hydrogen-bond acceptors (Lipinski definition) is 5. The van der Waals surface area contributed by atoms with E-state index < -0.39 is 0 Å². The molecule has 0 saturated carbocycles. The van der Waals surface area contributed by atoms with Crippen LogP contribution in [0.4, 0.5) is 11.4 Å². The Kier molecular flexibility index (Phi) is 5.57. The van der Waals surface area contributed by atoms with Gasteiger partial charge in [0.2, 0.25) is 0 Å². The van der Waals surface area contributed by atoms with Crippen LogP contribution >= 0.6 is 0 Å². The van der Waals surface area contributed by atoms with Gasteiger partial charge in [-0.3, -0.25) is 4.79 Å². The van der Waals surface area contributed by atoms with Gasteiger partial charge in [0.25, 0.3) is 5.91 Å². The van der Waals surface area contributed by atoms with Crippen molar-refractivity contribution >= 4 is 17.3 Å². The molecular weight excluding hydrogens is 294 g/mol. The predicted octanol–water partition coefficient (Wildman–Crippen LogP) is 2.76. The third-order valence-electron chi connectivity index (χ3n) is 3.09. The molecule has 0 fully saturated rings. The summed E-state index contributed by atoms with van der Waals surface area (Å²) in [6.45, 7) is 3.96. The van der Waals surface area contributed by atoms with Crippen LogP contribution in [0.25, 0.3) is 0 Å². The van der Waals surface area contributed by atoms with Crippen molar-refractivity contribution in [3.05, 3.63) is 54.9 Å². The average molecular weight is 313 g/mol. The largest absolute Gasteiger partial charge is 0.497 e. The molecule has 0 aliphatic heterocycles. The number of methoxy groups -OCH3 is 2. The Labute approximate surface area is 135 Å². The molecule has 0 aliphatic rings. The number of nitrogens with one attached hydrogen (secondary N) is 2. The first-order valence-electron chi connectivity index (χ1n) is 7.02. The van der Waals surface area contributed by atoms with Gasteiger partial charge in [-0.15, -0.1) is 6.58 Å². The minimum Gasteiger partial charge on any atom is -0.497 e. The Morgan fingerprint density at radius 2 is 2.09 bits per heavy atom. The number of carbonyl (C=O) groups is 1. The third kappa shape index (κ3) is 4.23. The lowest BCUT2D eigenvalue weighted by molar-refractivity contribution is 0.0953. The van der Waals surface area contributed by atoms with Crippen LogP contribution < -0.4 is 20.1 Å². The van der Waals surface area contributed by atoms with Crippen molar-refractivity contribution in [2.45, 2.75) is 0 Å². The van der Waals surface area contributed by atoms with Crippen molar-refractivity contribution in [3.8, 4) is 11.5 Å². The van der Waals surface area contributed by atoms with Crippen molar-refractivity contribution in [2.24, 2.45) is 0 Å². The van der Waals surface area contributed by atoms with Crippen molar-refractivity contribution in [3.63, 3.8) is 0 Å². The molecule has 120 valence electrons. The van der Waals surface area contributed by atoms with E-state index in [1.54, 1.807) is 44.7 Å². The van der Waals surface area contributed by atoms with Gasteiger partial charge < -0.3 is 20.1 Å². The Bertz CT molecular complexity index is 684. The van der Waals surface area contributed by atoms with E-state index in [2.05, 4.69) is 22.2 Å². The zero-order valence-corrected chi connectivity index (χ0v) is 13.1. The summed E-state index contributed by atoms with van der Waals surface area (Å²) in [4.78, 5) is 15.9. The van der Waals surface area contributed by atoms with E-state index in [0.29, 0.717) is 23.7 Å². The van der Waals surface area contributed by atoms with Crippen molar-refractivity contribution < 1.29 is 14.3 Å². The van der Waals surface area contributed by atoms with Crippen molar-refractivity contribution in [1.82, 2.24) is 10.3 Å². The molecule has 0 radical (unpaired) electrons. The summed E-state index contributed by atoms with van der Waals surface area (Å²) in [5, 5.41) is 5.87. The average Bonchev–Trinajstić information content (AvgIpc) is 2.60. The minimum absolute atomic E-state index is 0.238. The number of amides is 1. The quantitative estimate of drug-likeness (QED) is 0.769. The van der Waals surface area contributed by atoms with Crippen LogP contribution in [0.5, 0.6) is 11.5 Å². The van der Waals surface area contributed by atoms with Crippen LogP contribution in [0.3, 0.4) is 0 Å². The molecule has 0 unspecified atom stereocenters. The fourth-order valence-corrected chi connectivity index (χ4v) is 1.91. The first-order chi connectivity index (χ1) is 11.2. The second-order valence-corrected chi connectivity index (χ2v) is 4.62. The van der Waals surface area contributed by atoms with Crippen LogP contribution in [-0.4, -0.2) is 31.7 Å². The van der Waals surface area contributed by atoms with Gasteiger partial charge in [0.1, 0.15) is 17.2 Å². The van der Waals surface area contributed by atoms with Gasteiger partial charge >= 0.3 is 0 Å². The number of ether oxygens (including phenoxy) is 2. The van der Waals surface area contributed by atoms with E-state index in [9.17, 15) is 4.79 Å². The predicted molar refractivity (Wildman–Crippen MR) is 89.6 cm³/mol. The highest BCUT2D eigenvalue weighted by atomic mass is 16.5. The van der Waals surface area contributed by atoms with Crippen LogP contribution in [0.1, 0.15) is 10.5 Å². The van der Waals surface area contributed by atoms with Crippen LogP contribution in [-0.2, 0) is 0 Å². The molecule has 1 aromatic heterocycles. The summed E-state index contributed by atoms with van der Waals surface area (Å²) < 4.78 is 10.5. The zero-order chi connectivity index (χ0) is 16.7. The van der Waals surface area contributed by atoms with E-state index in [-0.39, 0.29) is 5.91 Å². The van der Waals surface area contributed by atoms with Gasteiger partial charge in [0.15, 0.2) is 0 Å².